The van der Waals surface area contributed by atoms with Crippen molar-refractivity contribution in [1.82, 2.24) is 0 Å². The first-order valence-electron chi connectivity index (χ1n) is 10.6. The standard InChI is InChI=1S/C28H23O3.Ho/c29-23-11-15-26-22(18-23)10-6-19-7-12-24(13-8-19)31-25-3-1-2-20(16-25)4-5-21-9-14-27(26)28(30)17-21;/h1-2,7-9,11-18,29-30H,4-6,10H2;/q-1;. The van der Waals surface area contributed by atoms with Crippen molar-refractivity contribution in [3.63, 3.8) is 0 Å². The van der Waals surface area contributed by atoms with Crippen LogP contribution < -0.4 is 4.74 Å². The number of aryl methyl sites for hydroxylation is 4. The predicted molar refractivity (Wildman–Crippen MR) is 122 cm³/mol. The van der Waals surface area contributed by atoms with Gasteiger partial charge in [0.1, 0.15) is 17.2 Å². The maximum atomic E-state index is 10.8. The molecule has 0 fully saturated rings. The van der Waals surface area contributed by atoms with Crippen LogP contribution in [0.2, 0.25) is 0 Å². The van der Waals surface area contributed by atoms with Crippen molar-refractivity contribution < 1.29 is 52.7 Å². The largest absolute Gasteiger partial charge is 0.508 e. The molecule has 4 aromatic rings. The van der Waals surface area contributed by atoms with Gasteiger partial charge in [0.15, 0.2) is 0 Å². The second-order valence-electron chi connectivity index (χ2n) is 8.00. The Kier molecular flexibility index (Phi) is 7.10. The van der Waals surface area contributed by atoms with Crippen molar-refractivity contribution in [3.8, 4) is 34.1 Å². The van der Waals surface area contributed by atoms with E-state index in [2.05, 4.69) is 24.3 Å². The van der Waals surface area contributed by atoms with E-state index in [9.17, 15) is 10.2 Å². The van der Waals surface area contributed by atoms with Gasteiger partial charge in [-0.1, -0.05) is 30.3 Å². The number of hydrogen-bond donors (Lipinski definition) is 2. The maximum absolute atomic E-state index is 10.8. The molecule has 6 bridgehead atoms. The van der Waals surface area contributed by atoms with Crippen molar-refractivity contribution in [3.05, 3.63) is 107 Å². The van der Waals surface area contributed by atoms with Crippen LogP contribution in [0.15, 0.2) is 78.9 Å². The Balaban J connectivity index is 0.00000245. The summed E-state index contributed by atoms with van der Waals surface area (Å²) in [7, 11) is 0. The first kappa shape index (κ1) is 22.7. The van der Waals surface area contributed by atoms with E-state index >= 15 is 0 Å². The van der Waals surface area contributed by atoms with E-state index in [1.165, 1.54) is 5.56 Å². The van der Waals surface area contributed by atoms with Gasteiger partial charge in [0.05, 0.1) is 0 Å². The van der Waals surface area contributed by atoms with Crippen LogP contribution in [0.1, 0.15) is 22.3 Å². The van der Waals surface area contributed by atoms with Gasteiger partial charge in [0.2, 0.25) is 0 Å². The fraction of sp³-hybridized carbons (Fsp3) is 0.143. The molecule has 4 aliphatic heterocycles. The molecule has 0 saturated heterocycles. The smallest absolute Gasteiger partial charge is 0.124 e. The molecular weight excluding hydrogens is 549 g/mol. The number of benzene rings is 4. The van der Waals surface area contributed by atoms with E-state index in [1.807, 2.05) is 48.5 Å². The Hall–Kier alpha value is -2.46. The van der Waals surface area contributed by atoms with Crippen molar-refractivity contribution in [2.75, 3.05) is 0 Å². The minimum Gasteiger partial charge on any atom is -0.508 e. The summed E-state index contributed by atoms with van der Waals surface area (Å²) in [5.74, 6) is 1.99. The molecule has 0 atom stereocenters. The molecule has 2 N–H and O–H groups in total. The second-order valence-corrected chi connectivity index (χ2v) is 8.00. The third-order valence-electron chi connectivity index (χ3n) is 5.82. The number of ether oxygens (including phenoxy) is 1. The summed E-state index contributed by atoms with van der Waals surface area (Å²) in [4.78, 5) is 0. The Bertz CT molecular complexity index is 1230. The van der Waals surface area contributed by atoms with Gasteiger partial charge in [-0.05, 0) is 78.3 Å². The summed E-state index contributed by atoms with van der Waals surface area (Å²) >= 11 is 0. The summed E-state index contributed by atoms with van der Waals surface area (Å²) in [6.07, 6.45) is 3.22. The van der Waals surface area contributed by atoms with Gasteiger partial charge >= 0.3 is 0 Å². The second kappa shape index (κ2) is 9.99. The molecule has 0 aromatic heterocycles. The molecular formula is C28H23HoO3-. The molecule has 0 saturated carbocycles. The van der Waals surface area contributed by atoms with Gasteiger partial charge in [-0.2, -0.15) is 17.7 Å². The van der Waals surface area contributed by atoms with Crippen molar-refractivity contribution in [2.45, 2.75) is 25.7 Å². The van der Waals surface area contributed by atoms with Crippen LogP contribution in [0.3, 0.4) is 0 Å². The molecule has 32 heavy (non-hydrogen) atoms. The normalized spacial score (nSPS) is 12.8. The van der Waals surface area contributed by atoms with E-state index in [-0.39, 0.29) is 49.2 Å². The van der Waals surface area contributed by atoms with E-state index < -0.39 is 0 Å². The summed E-state index contributed by atoms with van der Waals surface area (Å²) in [5.41, 5.74) is 6.17. The molecule has 4 heteroatoms. The van der Waals surface area contributed by atoms with E-state index in [0.29, 0.717) is 5.75 Å². The summed E-state index contributed by atoms with van der Waals surface area (Å²) in [5, 5.41) is 20.8. The zero-order chi connectivity index (χ0) is 21.2. The average Bonchev–Trinajstić information content (AvgIpc) is 2.78. The first-order chi connectivity index (χ1) is 15.1. The van der Waals surface area contributed by atoms with Crippen molar-refractivity contribution in [2.24, 2.45) is 0 Å². The Labute approximate surface area is 218 Å². The van der Waals surface area contributed by atoms with E-state index in [4.69, 9.17) is 4.74 Å². The van der Waals surface area contributed by atoms with Gasteiger partial charge in [-0.15, -0.1) is 12.1 Å². The van der Waals surface area contributed by atoms with E-state index in [1.54, 1.807) is 12.1 Å². The number of phenolic OH excluding ortho intramolecular Hbond substituents is 2. The molecule has 0 aliphatic carbocycles. The van der Waals surface area contributed by atoms with Gasteiger partial charge in [-0.25, -0.2) is 0 Å². The molecule has 0 unspecified atom stereocenters. The quantitative estimate of drug-likeness (QED) is 0.194. The van der Waals surface area contributed by atoms with Gasteiger partial charge in [0, 0.05) is 49.1 Å². The van der Waals surface area contributed by atoms with Crippen LogP contribution in [-0.2, 0) is 25.7 Å². The van der Waals surface area contributed by atoms with Crippen LogP contribution >= 0.6 is 0 Å². The van der Waals surface area contributed by atoms with Crippen LogP contribution in [-0.4, -0.2) is 10.2 Å². The minimum atomic E-state index is 0. The van der Waals surface area contributed by atoms with Gasteiger partial charge in [-0.3, -0.25) is 0 Å². The number of aromatic hydroxyl groups is 2. The van der Waals surface area contributed by atoms with Crippen LogP contribution in [0.25, 0.3) is 11.1 Å². The molecule has 8 rings (SSSR count). The Morgan fingerprint density at radius 3 is 2.12 bits per heavy atom. The SMILES string of the molecule is Oc1ccc2c(c1)CCc1ccc(cc1)Oc1[c-]ccc(c1)CCc1ccc-2c(O)c1.[Ho]. The molecule has 0 amide bonds. The number of rotatable bonds is 0. The van der Waals surface area contributed by atoms with Gasteiger partial charge < -0.3 is 14.9 Å². The van der Waals surface area contributed by atoms with Crippen molar-refractivity contribution in [1.29, 1.82) is 0 Å². The molecule has 1 radical (unpaired) electrons. The molecule has 4 heterocycles. The minimum absolute atomic E-state index is 0. The molecule has 4 aromatic carbocycles. The van der Waals surface area contributed by atoms with Crippen LogP contribution in [0, 0.1) is 43.8 Å². The number of hydrogen-bond acceptors (Lipinski definition) is 3. The monoisotopic (exact) mass is 572 g/mol. The number of phenols is 2. The Morgan fingerprint density at radius 1 is 0.656 bits per heavy atom. The molecule has 0 spiro atoms. The fourth-order valence-corrected chi connectivity index (χ4v) is 4.13. The van der Waals surface area contributed by atoms with Crippen LogP contribution in [0.4, 0.5) is 0 Å². The zero-order valence-corrected chi connectivity index (χ0v) is 19.4. The third-order valence-corrected chi connectivity index (χ3v) is 5.82. The van der Waals surface area contributed by atoms with Gasteiger partial charge in [0.25, 0.3) is 0 Å². The average molecular weight is 572 g/mol. The topological polar surface area (TPSA) is 49.7 Å². The molecule has 3 nitrogen and oxygen atoms in total. The molecule has 165 valence electrons. The predicted octanol–water partition coefficient (Wildman–Crippen LogP) is 6.24. The first-order valence-corrected chi connectivity index (χ1v) is 10.6. The zero-order valence-electron chi connectivity index (χ0n) is 17.4. The fourth-order valence-electron chi connectivity index (χ4n) is 4.13. The summed E-state index contributed by atoms with van der Waals surface area (Å²) in [6, 6.07) is 28.4. The summed E-state index contributed by atoms with van der Waals surface area (Å²) < 4.78 is 6.00. The summed E-state index contributed by atoms with van der Waals surface area (Å²) in [6.45, 7) is 0. The molecule has 4 aliphatic rings. The third kappa shape index (κ3) is 5.12. The maximum Gasteiger partial charge on any atom is 0.124 e. The van der Waals surface area contributed by atoms with Crippen LogP contribution in [0.5, 0.6) is 23.0 Å². The van der Waals surface area contributed by atoms with E-state index in [0.717, 1.165) is 59.3 Å². The van der Waals surface area contributed by atoms with Crippen molar-refractivity contribution >= 4 is 0 Å². The Morgan fingerprint density at radius 2 is 1.34 bits per heavy atom.